The van der Waals surface area contributed by atoms with E-state index < -0.39 is 23.8 Å². The fraction of sp³-hybridized carbons (Fsp3) is 0.150. The summed E-state index contributed by atoms with van der Waals surface area (Å²) < 4.78 is 18.5. The number of nitrogens with one attached hydrogen (secondary N) is 1. The van der Waals surface area contributed by atoms with E-state index in [1.807, 2.05) is 30.3 Å². The maximum Gasteiger partial charge on any atom is 0.351 e. The average molecular weight is 384 g/mol. The minimum Gasteiger partial charge on any atom is -0.448 e. The van der Waals surface area contributed by atoms with Gasteiger partial charge in [0, 0.05) is 11.3 Å². The van der Waals surface area contributed by atoms with Gasteiger partial charge in [-0.2, -0.15) is 0 Å². The van der Waals surface area contributed by atoms with Crippen LogP contribution in [0, 0.1) is 12.7 Å². The molecule has 0 radical (unpaired) electrons. The third-order valence-electron chi connectivity index (χ3n) is 3.75. The maximum absolute atomic E-state index is 13.2. The first kappa shape index (κ1) is 18.7. The van der Waals surface area contributed by atoms with Gasteiger partial charge in [0.15, 0.2) is 6.10 Å². The minimum absolute atomic E-state index is 0.295. The Bertz CT molecular complexity index is 972. The van der Waals surface area contributed by atoms with Crippen molar-refractivity contribution in [1.82, 2.24) is 4.98 Å². The molecule has 27 heavy (non-hydrogen) atoms. The molecular formula is C20H17FN2O3S. The molecule has 0 saturated carbocycles. The highest BCUT2D eigenvalue weighted by molar-refractivity contribution is 7.17. The van der Waals surface area contributed by atoms with E-state index in [1.54, 1.807) is 13.0 Å². The van der Waals surface area contributed by atoms with Crippen LogP contribution in [0.3, 0.4) is 0 Å². The molecular weight excluding hydrogens is 367 g/mol. The van der Waals surface area contributed by atoms with Gasteiger partial charge in [-0.05, 0) is 32.0 Å². The summed E-state index contributed by atoms with van der Waals surface area (Å²) in [6.45, 7) is 3.18. The lowest BCUT2D eigenvalue weighted by atomic mass is 10.2. The number of nitrogens with zero attached hydrogens (tertiary/aromatic N) is 1. The first-order valence-corrected chi connectivity index (χ1v) is 9.06. The van der Waals surface area contributed by atoms with Gasteiger partial charge in [0.05, 0.1) is 5.69 Å². The normalized spacial score (nSPS) is 11.7. The Hall–Kier alpha value is -3.06. The molecule has 0 aliphatic carbocycles. The Morgan fingerprint density at radius 2 is 1.89 bits per heavy atom. The second-order valence-electron chi connectivity index (χ2n) is 5.85. The number of esters is 1. The highest BCUT2D eigenvalue weighted by Gasteiger charge is 2.23. The Morgan fingerprint density at radius 3 is 2.59 bits per heavy atom. The molecule has 1 atom stereocenters. The number of hydrogen-bond acceptors (Lipinski definition) is 5. The SMILES string of the molecule is Cc1nc(-c2ccccc2)sc1C(=O)O[C@@H](C)C(=O)Nc1cccc(F)c1. The second-order valence-corrected chi connectivity index (χ2v) is 6.85. The molecule has 3 aromatic rings. The van der Waals surface area contributed by atoms with Crippen LogP contribution in [0.4, 0.5) is 10.1 Å². The van der Waals surface area contributed by atoms with Crippen LogP contribution >= 0.6 is 11.3 Å². The van der Waals surface area contributed by atoms with Gasteiger partial charge >= 0.3 is 5.97 Å². The first-order valence-electron chi connectivity index (χ1n) is 8.24. The number of hydrogen-bond donors (Lipinski definition) is 1. The number of aromatic nitrogens is 1. The molecule has 0 unspecified atom stereocenters. The van der Waals surface area contributed by atoms with Crippen LogP contribution in [0.1, 0.15) is 22.3 Å². The van der Waals surface area contributed by atoms with Crippen molar-refractivity contribution < 1.29 is 18.7 Å². The topological polar surface area (TPSA) is 68.3 Å². The van der Waals surface area contributed by atoms with Crippen LogP contribution in [0.2, 0.25) is 0 Å². The average Bonchev–Trinajstić information content (AvgIpc) is 3.04. The Labute approximate surface area is 159 Å². The Morgan fingerprint density at radius 1 is 1.15 bits per heavy atom. The zero-order chi connectivity index (χ0) is 19.4. The van der Waals surface area contributed by atoms with E-state index in [2.05, 4.69) is 10.3 Å². The fourth-order valence-electron chi connectivity index (χ4n) is 2.37. The van der Waals surface area contributed by atoms with Crippen LogP contribution in [0.15, 0.2) is 54.6 Å². The maximum atomic E-state index is 13.2. The molecule has 1 aromatic heterocycles. The van der Waals surface area contributed by atoms with Gasteiger partial charge in [-0.1, -0.05) is 36.4 Å². The molecule has 5 nitrogen and oxygen atoms in total. The van der Waals surface area contributed by atoms with Crippen molar-refractivity contribution in [2.24, 2.45) is 0 Å². The summed E-state index contributed by atoms with van der Waals surface area (Å²) in [6, 6.07) is 15.0. The summed E-state index contributed by atoms with van der Waals surface area (Å²) in [5.74, 6) is -1.63. The summed E-state index contributed by atoms with van der Waals surface area (Å²) in [5, 5.41) is 3.22. The summed E-state index contributed by atoms with van der Waals surface area (Å²) in [4.78, 5) is 29.4. The standard InChI is InChI=1S/C20H17FN2O3S/c1-12-17(27-19(22-12)14-7-4-3-5-8-14)20(25)26-13(2)18(24)23-16-10-6-9-15(21)11-16/h3-11,13H,1-2H3,(H,23,24)/t13-/m0/s1. The van der Waals surface area contributed by atoms with Crippen LogP contribution in [-0.4, -0.2) is 23.0 Å². The molecule has 0 spiro atoms. The molecule has 7 heteroatoms. The number of anilines is 1. The number of benzene rings is 2. The number of rotatable bonds is 5. The number of halogens is 1. The summed E-state index contributed by atoms with van der Waals surface area (Å²) >= 11 is 1.21. The molecule has 0 aliphatic heterocycles. The third-order valence-corrected chi connectivity index (χ3v) is 4.93. The lowest BCUT2D eigenvalue weighted by Gasteiger charge is -2.13. The lowest BCUT2D eigenvalue weighted by molar-refractivity contribution is -0.123. The highest BCUT2D eigenvalue weighted by Crippen LogP contribution is 2.28. The molecule has 0 saturated heterocycles. The van der Waals surface area contributed by atoms with Gasteiger partial charge in [-0.25, -0.2) is 14.2 Å². The Kier molecular flexibility index (Phi) is 5.61. The predicted octanol–water partition coefficient (Wildman–Crippen LogP) is 4.44. The molecule has 1 heterocycles. The lowest BCUT2D eigenvalue weighted by Crippen LogP contribution is -2.30. The fourth-order valence-corrected chi connectivity index (χ4v) is 3.32. The number of carbonyl (C=O) groups is 2. The molecule has 2 aromatic carbocycles. The zero-order valence-corrected chi connectivity index (χ0v) is 15.5. The van der Waals surface area contributed by atoms with Crippen LogP contribution in [0.25, 0.3) is 10.6 Å². The molecule has 3 rings (SSSR count). The van der Waals surface area contributed by atoms with Crippen molar-refractivity contribution in [3.63, 3.8) is 0 Å². The van der Waals surface area contributed by atoms with Gasteiger partial charge in [-0.15, -0.1) is 11.3 Å². The summed E-state index contributed by atoms with van der Waals surface area (Å²) in [7, 11) is 0. The van der Waals surface area contributed by atoms with Crippen molar-refractivity contribution >= 4 is 28.9 Å². The van der Waals surface area contributed by atoms with Crippen LogP contribution in [0.5, 0.6) is 0 Å². The van der Waals surface area contributed by atoms with E-state index in [9.17, 15) is 14.0 Å². The van der Waals surface area contributed by atoms with Crippen molar-refractivity contribution in [2.45, 2.75) is 20.0 Å². The van der Waals surface area contributed by atoms with Gasteiger partial charge < -0.3 is 10.1 Å². The van der Waals surface area contributed by atoms with Crippen LogP contribution < -0.4 is 5.32 Å². The molecule has 0 aliphatic rings. The molecule has 138 valence electrons. The van der Waals surface area contributed by atoms with E-state index in [-0.39, 0.29) is 0 Å². The zero-order valence-electron chi connectivity index (χ0n) is 14.7. The molecule has 0 bridgehead atoms. The summed E-state index contributed by atoms with van der Waals surface area (Å²) in [6.07, 6.45) is -1.04. The van der Waals surface area contributed by atoms with E-state index in [0.717, 1.165) is 5.56 Å². The number of carbonyl (C=O) groups excluding carboxylic acids is 2. The van der Waals surface area contributed by atoms with E-state index in [0.29, 0.717) is 21.3 Å². The van der Waals surface area contributed by atoms with Crippen molar-refractivity contribution in [3.8, 4) is 10.6 Å². The summed E-state index contributed by atoms with van der Waals surface area (Å²) in [5.41, 5.74) is 1.74. The minimum atomic E-state index is -1.04. The number of ether oxygens (including phenoxy) is 1. The molecule has 0 fully saturated rings. The predicted molar refractivity (Wildman–Crippen MR) is 102 cm³/mol. The molecule has 1 N–H and O–H groups in total. The third kappa shape index (κ3) is 4.57. The largest absolute Gasteiger partial charge is 0.448 e. The molecule has 1 amide bonds. The first-order chi connectivity index (χ1) is 12.9. The number of thiazole rings is 1. The van der Waals surface area contributed by atoms with Gasteiger partial charge in [0.25, 0.3) is 5.91 Å². The van der Waals surface area contributed by atoms with Crippen molar-refractivity contribution in [2.75, 3.05) is 5.32 Å². The number of amides is 1. The van der Waals surface area contributed by atoms with Crippen molar-refractivity contribution in [1.29, 1.82) is 0 Å². The second kappa shape index (κ2) is 8.09. The van der Waals surface area contributed by atoms with Crippen LogP contribution in [-0.2, 0) is 9.53 Å². The van der Waals surface area contributed by atoms with Gasteiger partial charge in [0.2, 0.25) is 0 Å². The smallest absolute Gasteiger partial charge is 0.351 e. The van der Waals surface area contributed by atoms with Gasteiger partial charge in [0.1, 0.15) is 15.7 Å². The van der Waals surface area contributed by atoms with E-state index in [4.69, 9.17) is 4.74 Å². The van der Waals surface area contributed by atoms with E-state index >= 15 is 0 Å². The quantitative estimate of drug-likeness (QED) is 0.660. The van der Waals surface area contributed by atoms with Crippen molar-refractivity contribution in [3.05, 3.63) is 71.0 Å². The number of aryl methyl sites for hydroxylation is 1. The monoisotopic (exact) mass is 384 g/mol. The Balaban J connectivity index is 1.68. The van der Waals surface area contributed by atoms with Gasteiger partial charge in [-0.3, -0.25) is 4.79 Å². The highest BCUT2D eigenvalue weighted by atomic mass is 32.1. The van der Waals surface area contributed by atoms with E-state index in [1.165, 1.54) is 36.5 Å².